The molecule has 0 amide bonds. The van der Waals surface area contributed by atoms with Gasteiger partial charge in [-0.25, -0.2) is 19.6 Å². The molecule has 1 aromatic rings. The largest absolute Gasteiger partial charge is 1.00 e. The zero-order chi connectivity index (χ0) is 12.1. The Hall–Kier alpha value is -0.260. The number of hydrogen-bond donors (Lipinski definition) is 1. The van der Waals surface area contributed by atoms with Gasteiger partial charge in [0.1, 0.15) is 0 Å². The van der Waals surface area contributed by atoms with Gasteiger partial charge in [0.05, 0.1) is 4.90 Å². The molecule has 0 saturated heterocycles. The summed E-state index contributed by atoms with van der Waals surface area (Å²) in [7, 11) is -4.06. The maximum Gasteiger partial charge on any atom is 1.00 e. The van der Waals surface area contributed by atoms with Crippen LogP contribution >= 0.6 is 0 Å². The zero-order valence-corrected chi connectivity index (χ0v) is 12.7. The van der Waals surface area contributed by atoms with E-state index < -0.39 is 10.1 Å². The SMILES string of the molecule is C=C[CH2-].Cc1cccc(S(=O)(=O)O)c1C.[Na+]. The van der Waals surface area contributed by atoms with Crippen LogP contribution in [-0.4, -0.2) is 13.0 Å². The van der Waals surface area contributed by atoms with Crippen molar-refractivity contribution in [3.63, 3.8) is 0 Å². The summed E-state index contributed by atoms with van der Waals surface area (Å²) in [5, 5.41) is 0. The molecule has 0 atom stereocenters. The number of benzene rings is 1. The third kappa shape index (κ3) is 5.72. The molecular formula is C11H15NaO3S. The Morgan fingerprint density at radius 2 is 1.81 bits per heavy atom. The van der Waals surface area contributed by atoms with Gasteiger partial charge in [-0.3, -0.25) is 4.55 Å². The van der Waals surface area contributed by atoms with Crippen LogP contribution < -0.4 is 29.6 Å². The normalized spacial score (nSPS) is 9.44. The molecule has 84 valence electrons. The summed E-state index contributed by atoms with van der Waals surface area (Å²) in [5.41, 5.74) is 1.45. The van der Waals surface area contributed by atoms with Crippen LogP contribution in [0.25, 0.3) is 0 Å². The van der Waals surface area contributed by atoms with Gasteiger partial charge in [0.25, 0.3) is 10.1 Å². The Morgan fingerprint density at radius 1 is 1.38 bits per heavy atom. The third-order valence-electron chi connectivity index (χ3n) is 1.83. The van der Waals surface area contributed by atoms with E-state index in [1.807, 2.05) is 0 Å². The molecule has 0 bridgehead atoms. The zero-order valence-electron chi connectivity index (χ0n) is 9.90. The molecule has 0 aliphatic rings. The van der Waals surface area contributed by atoms with E-state index in [2.05, 4.69) is 13.5 Å². The smallest absolute Gasteiger partial charge is 0.282 e. The fraction of sp³-hybridized carbons (Fsp3) is 0.182. The Morgan fingerprint density at radius 3 is 2.12 bits per heavy atom. The summed E-state index contributed by atoms with van der Waals surface area (Å²) in [6, 6.07) is 4.78. The van der Waals surface area contributed by atoms with E-state index in [9.17, 15) is 8.42 Å². The predicted octanol–water partition coefficient (Wildman–Crippen LogP) is -0.439. The molecule has 3 nitrogen and oxygen atoms in total. The van der Waals surface area contributed by atoms with E-state index >= 15 is 0 Å². The van der Waals surface area contributed by atoms with Gasteiger partial charge in [0.2, 0.25) is 0 Å². The van der Waals surface area contributed by atoms with Crippen LogP contribution in [0.1, 0.15) is 11.1 Å². The maximum atomic E-state index is 10.8. The number of aryl methyl sites for hydroxylation is 1. The van der Waals surface area contributed by atoms with Gasteiger partial charge < -0.3 is 0 Å². The molecule has 1 N–H and O–H groups in total. The number of allylic oxidation sites excluding steroid dienone is 1. The Bertz CT molecular complexity index is 439. The van der Waals surface area contributed by atoms with Crippen molar-refractivity contribution in [2.45, 2.75) is 18.7 Å². The molecule has 0 aliphatic heterocycles. The second kappa shape index (κ2) is 7.92. The van der Waals surface area contributed by atoms with Crippen molar-refractivity contribution < 1.29 is 42.5 Å². The molecule has 5 heteroatoms. The van der Waals surface area contributed by atoms with E-state index in [0.717, 1.165) is 5.56 Å². The molecule has 0 radical (unpaired) electrons. The Labute approximate surface area is 120 Å². The van der Waals surface area contributed by atoms with E-state index in [-0.39, 0.29) is 34.5 Å². The first-order chi connectivity index (χ1) is 6.84. The Kier molecular flexibility index (Phi) is 8.97. The first-order valence-electron chi connectivity index (χ1n) is 4.28. The minimum Gasteiger partial charge on any atom is -0.282 e. The van der Waals surface area contributed by atoms with Gasteiger partial charge in [-0.15, -0.1) is 0 Å². The van der Waals surface area contributed by atoms with E-state index in [0.29, 0.717) is 5.56 Å². The molecular weight excluding hydrogens is 235 g/mol. The molecule has 0 unspecified atom stereocenters. The molecule has 0 spiro atoms. The summed E-state index contributed by atoms with van der Waals surface area (Å²) in [6.45, 7) is 9.96. The topological polar surface area (TPSA) is 54.4 Å². The van der Waals surface area contributed by atoms with Gasteiger partial charge in [0, 0.05) is 0 Å². The minimum absolute atomic E-state index is 0. The quantitative estimate of drug-likeness (QED) is 0.418. The molecule has 0 heterocycles. The first kappa shape index (κ1) is 18.1. The average Bonchev–Trinajstić information content (AvgIpc) is 2.09. The van der Waals surface area contributed by atoms with Gasteiger partial charge in [0.15, 0.2) is 0 Å². The standard InChI is InChI=1S/C8H10O3S.C3H5.Na/c1-6-4-3-5-8(7(6)2)12(9,10)11;1-3-2;/h3-5H,1-2H3,(H,9,10,11);3H,1-2H2;/q;-1;+1. The van der Waals surface area contributed by atoms with Crippen LogP contribution in [0.5, 0.6) is 0 Å². The predicted molar refractivity (Wildman–Crippen MR) is 61.3 cm³/mol. The van der Waals surface area contributed by atoms with Crippen LogP contribution in [0, 0.1) is 20.8 Å². The fourth-order valence-corrected chi connectivity index (χ4v) is 1.80. The van der Waals surface area contributed by atoms with E-state index in [4.69, 9.17) is 4.55 Å². The molecule has 0 saturated carbocycles. The van der Waals surface area contributed by atoms with Crippen LogP contribution in [0.2, 0.25) is 0 Å². The van der Waals surface area contributed by atoms with Gasteiger partial charge in [-0.05, 0) is 31.0 Å². The van der Waals surface area contributed by atoms with Crippen LogP contribution in [0.4, 0.5) is 0 Å². The van der Waals surface area contributed by atoms with Crippen molar-refractivity contribution in [3.05, 3.63) is 48.9 Å². The summed E-state index contributed by atoms with van der Waals surface area (Å²) < 4.78 is 30.3. The summed E-state index contributed by atoms with van der Waals surface area (Å²) in [6.07, 6.45) is 1.50. The summed E-state index contributed by atoms with van der Waals surface area (Å²) >= 11 is 0. The minimum atomic E-state index is -4.06. The summed E-state index contributed by atoms with van der Waals surface area (Å²) in [5.74, 6) is 0. The van der Waals surface area contributed by atoms with Crippen molar-refractivity contribution in [1.82, 2.24) is 0 Å². The summed E-state index contributed by atoms with van der Waals surface area (Å²) in [4.78, 5) is -0.0116. The van der Waals surface area contributed by atoms with Crippen molar-refractivity contribution >= 4 is 10.1 Å². The van der Waals surface area contributed by atoms with E-state index in [1.54, 1.807) is 26.0 Å². The van der Waals surface area contributed by atoms with Crippen LogP contribution in [0.15, 0.2) is 35.7 Å². The van der Waals surface area contributed by atoms with Crippen LogP contribution in [0.3, 0.4) is 0 Å². The molecule has 0 fully saturated rings. The number of rotatable bonds is 1. The molecule has 0 aromatic heterocycles. The van der Waals surface area contributed by atoms with E-state index in [1.165, 1.54) is 12.1 Å². The number of hydrogen-bond acceptors (Lipinski definition) is 2. The van der Waals surface area contributed by atoms with Gasteiger partial charge in [-0.1, -0.05) is 12.1 Å². The Balaban J connectivity index is 0. The monoisotopic (exact) mass is 250 g/mol. The maximum absolute atomic E-state index is 10.8. The van der Waals surface area contributed by atoms with Crippen molar-refractivity contribution in [2.75, 3.05) is 0 Å². The molecule has 0 aliphatic carbocycles. The fourth-order valence-electron chi connectivity index (χ4n) is 1.00. The second-order valence-corrected chi connectivity index (χ2v) is 4.35. The van der Waals surface area contributed by atoms with Crippen molar-refractivity contribution in [1.29, 1.82) is 0 Å². The van der Waals surface area contributed by atoms with Crippen molar-refractivity contribution in [2.24, 2.45) is 0 Å². The average molecular weight is 250 g/mol. The van der Waals surface area contributed by atoms with Crippen LogP contribution in [-0.2, 0) is 10.1 Å². The third-order valence-corrected chi connectivity index (χ3v) is 2.83. The van der Waals surface area contributed by atoms with Gasteiger partial charge >= 0.3 is 29.6 Å². The van der Waals surface area contributed by atoms with Crippen molar-refractivity contribution in [3.8, 4) is 0 Å². The first-order valence-corrected chi connectivity index (χ1v) is 5.72. The second-order valence-electron chi connectivity index (χ2n) is 2.96. The molecule has 16 heavy (non-hydrogen) atoms. The molecule has 1 aromatic carbocycles. The van der Waals surface area contributed by atoms with Gasteiger partial charge in [-0.2, -0.15) is 8.42 Å². The molecule has 1 rings (SSSR count).